The number of hydrogen-bond donors (Lipinski definition) is 2. The summed E-state index contributed by atoms with van der Waals surface area (Å²) in [5.74, 6) is -0.496. The van der Waals surface area contributed by atoms with Gasteiger partial charge in [0.25, 0.3) is 0 Å². The Hall–Kier alpha value is -1.65. The predicted molar refractivity (Wildman–Crippen MR) is 85.1 cm³/mol. The van der Waals surface area contributed by atoms with Crippen molar-refractivity contribution in [2.24, 2.45) is 11.8 Å². The van der Waals surface area contributed by atoms with Gasteiger partial charge in [-0.1, -0.05) is 24.3 Å². The molecule has 0 radical (unpaired) electrons. The standard InChI is InChI=1S/C18H22N2O2/c21-18(22)16-8-12-4-3-7-20(11-12)19-10-17-14-6-2-1-5-13(14)9-15(16)17/h1-2,5-6,12,16,19H,3-4,7-11H2,(H,21,22). The summed E-state index contributed by atoms with van der Waals surface area (Å²) < 4.78 is 0. The van der Waals surface area contributed by atoms with Crippen LogP contribution < -0.4 is 5.43 Å². The molecule has 1 aromatic rings. The molecule has 22 heavy (non-hydrogen) atoms. The number of hydrazine groups is 1. The largest absolute Gasteiger partial charge is 0.481 e. The van der Waals surface area contributed by atoms with Crippen molar-refractivity contribution in [2.75, 3.05) is 19.6 Å². The molecule has 4 heteroatoms. The van der Waals surface area contributed by atoms with E-state index in [2.05, 4.69) is 28.6 Å². The van der Waals surface area contributed by atoms with Crippen molar-refractivity contribution in [3.8, 4) is 0 Å². The Bertz CT molecular complexity index is 638. The van der Waals surface area contributed by atoms with Gasteiger partial charge < -0.3 is 5.11 Å². The lowest BCUT2D eigenvalue weighted by Crippen LogP contribution is -2.45. The number of nitrogens with one attached hydrogen (secondary N) is 1. The van der Waals surface area contributed by atoms with Gasteiger partial charge in [0.15, 0.2) is 0 Å². The summed E-state index contributed by atoms with van der Waals surface area (Å²) in [5, 5.41) is 12.1. The lowest BCUT2D eigenvalue weighted by molar-refractivity contribution is -0.141. The van der Waals surface area contributed by atoms with Crippen molar-refractivity contribution < 1.29 is 9.90 Å². The van der Waals surface area contributed by atoms with Gasteiger partial charge >= 0.3 is 5.97 Å². The Kier molecular flexibility index (Phi) is 3.51. The van der Waals surface area contributed by atoms with Crippen LogP contribution in [0.15, 0.2) is 29.8 Å². The van der Waals surface area contributed by atoms with Crippen LogP contribution in [0.4, 0.5) is 0 Å². The van der Waals surface area contributed by atoms with E-state index < -0.39 is 5.97 Å². The number of aliphatic carboxylic acids is 1. The summed E-state index contributed by atoms with van der Waals surface area (Å²) in [6, 6.07) is 8.37. The molecule has 1 aliphatic carbocycles. The van der Waals surface area contributed by atoms with Crippen LogP contribution in [0.25, 0.3) is 5.57 Å². The molecule has 0 saturated carbocycles. The minimum atomic E-state index is -0.653. The number of nitrogens with zero attached hydrogens (tertiary/aromatic N) is 1. The maximum absolute atomic E-state index is 11.9. The maximum atomic E-state index is 11.9. The minimum absolute atomic E-state index is 0.327. The highest BCUT2D eigenvalue weighted by molar-refractivity contribution is 5.84. The van der Waals surface area contributed by atoms with E-state index >= 15 is 0 Å². The molecule has 3 unspecified atom stereocenters. The van der Waals surface area contributed by atoms with E-state index in [1.165, 1.54) is 16.7 Å². The molecule has 2 heterocycles. The first-order valence-electron chi connectivity index (χ1n) is 8.24. The van der Waals surface area contributed by atoms with E-state index in [1.54, 1.807) is 0 Å². The van der Waals surface area contributed by atoms with Gasteiger partial charge in [-0.2, -0.15) is 0 Å². The lowest BCUT2D eigenvalue weighted by Gasteiger charge is -2.33. The highest BCUT2D eigenvalue weighted by atomic mass is 16.4. The second-order valence-electron chi connectivity index (χ2n) is 6.75. The van der Waals surface area contributed by atoms with Crippen LogP contribution in [0.3, 0.4) is 0 Å². The molecule has 0 spiro atoms. The SMILES string of the molecule is O=C(O)C1CC2CCCN(C2)NCC2=C1Cc1ccccc12. The normalized spacial score (nSPS) is 30.8. The van der Waals surface area contributed by atoms with Gasteiger partial charge in [0.1, 0.15) is 0 Å². The number of benzene rings is 1. The fourth-order valence-electron chi connectivity index (χ4n) is 4.31. The van der Waals surface area contributed by atoms with Crippen LogP contribution in [0.2, 0.25) is 0 Å². The quantitative estimate of drug-likeness (QED) is 0.835. The number of piperidine rings is 1. The van der Waals surface area contributed by atoms with Gasteiger partial charge in [-0.25, -0.2) is 5.01 Å². The minimum Gasteiger partial charge on any atom is -0.481 e. The van der Waals surface area contributed by atoms with Gasteiger partial charge in [0.2, 0.25) is 0 Å². The fraction of sp³-hybridized carbons (Fsp3) is 0.500. The van der Waals surface area contributed by atoms with Gasteiger partial charge in [0.05, 0.1) is 5.92 Å². The molecular weight excluding hydrogens is 276 g/mol. The Morgan fingerprint density at radius 3 is 3.05 bits per heavy atom. The van der Waals surface area contributed by atoms with Crippen LogP contribution >= 0.6 is 0 Å². The molecule has 2 N–H and O–H groups in total. The van der Waals surface area contributed by atoms with E-state index in [1.807, 2.05) is 6.07 Å². The molecule has 0 amide bonds. The van der Waals surface area contributed by atoms with Gasteiger partial charge in [-0.3, -0.25) is 10.2 Å². The van der Waals surface area contributed by atoms with Gasteiger partial charge in [-0.15, -0.1) is 0 Å². The first kappa shape index (κ1) is 14.0. The summed E-state index contributed by atoms with van der Waals surface area (Å²) in [4.78, 5) is 11.9. The fourth-order valence-corrected chi connectivity index (χ4v) is 4.31. The monoisotopic (exact) mass is 298 g/mol. The van der Waals surface area contributed by atoms with Crippen LogP contribution in [-0.2, 0) is 11.2 Å². The second kappa shape index (κ2) is 5.52. The Labute approximate surface area is 130 Å². The lowest BCUT2D eigenvalue weighted by atomic mass is 9.83. The molecule has 116 valence electrons. The van der Waals surface area contributed by atoms with Crippen molar-refractivity contribution in [1.82, 2.24) is 10.4 Å². The molecule has 1 fully saturated rings. The molecule has 1 saturated heterocycles. The molecule has 2 bridgehead atoms. The molecule has 1 aromatic carbocycles. The smallest absolute Gasteiger partial charge is 0.310 e. The van der Waals surface area contributed by atoms with Crippen molar-refractivity contribution in [2.45, 2.75) is 25.7 Å². The first-order chi connectivity index (χ1) is 10.7. The highest BCUT2D eigenvalue weighted by Gasteiger charge is 2.35. The van der Waals surface area contributed by atoms with Gasteiger partial charge in [0, 0.05) is 19.6 Å². The third-order valence-electron chi connectivity index (χ3n) is 5.40. The maximum Gasteiger partial charge on any atom is 0.310 e. The molecule has 3 aliphatic rings. The molecule has 4 nitrogen and oxygen atoms in total. The van der Waals surface area contributed by atoms with Crippen molar-refractivity contribution in [3.63, 3.8) is 0 Å². The zero-order valence-corrected chi connectivity index (χ0v) is 12.7. The van der Waals surface area contributed by atoms with E-state index in [9.17, 15) is 9.90 Å². The number of fused-ring (bicyclic) bond motifs is 4. The summed E-state index contributed by atoms with van der Waals surface area (Å²) >= 11 is 0. The van der Waals surface area contributed by atoms with Crippen LogP contribution in [0.5, 0.6) is 0 Å². The zero-order chi connectivity index (χ0) is 15.1. The number of carboxylic acid groups (broad SMARTS) is 1. The zero-order valence-electron chi connectivity index (χ0n) is 12.7. The average molecular weight is 298 g/mol. The summed E-state index contributed by atoms with van der Waals surface area (Å²) in [6.45, 7) is 2.80. The Balaban J connectivity index is 1.76. The van der Waals surface area contributed by atoms with Crippen LogP contribution in [-0.4, -0.2) is 35.7 Å². The number of carbonyl (C=O) groups is 1. The van der Waals surface area contributed by atoms with E-state index in [4.69, 9.17) is 0 Å². The highest BCUT2D eigenvalue weighted by Crippen LogP contribution is 2.40. The Morgan fingerprint density at radius 2 is 2.18 bits per heavy atom. The average Bonchev–Trinajstić information content (AvgIpc) is 2.89. The number of hydrogen-bond acceptors (Lipinski definition) is 3. The third kappa shape index (κ3) is 2.36. The summed E-state index contributed by atoms with van der Waals surface area (Å²) in [7, 11) is 0. The van der Waals surface area contributed by atoms with Crippen molar-refractivity contribution >= 4 is 11.5 Å². The van der Waals surface area contributed by atoms with Crippen LogP contribution in [0.1, 0.15) is 30.4 Å². The van der Waals surface area contributed by atoms with Gasteiger partial charge in [-0.05, 0) is 53.9 Å². The Morgan fingerprint density at radius 1 is 1.32 bits per heavy atom. The first-order valence-corrected chi connectivity index (χ1v) is 8.24. The molecule has 2 aliphatic heterocycles. The predicted octanol–water partition coefficient (Wildman–Crippen LogP) is 2.32. The third-order valence-corrected chi connectivity index (χ3v) is 5.40. The summed E-state index contributed by atoms with van der Waals surface area (Å²) in [5.41, 5.74) is 8.42. The topological polar surface area (TPSA) is 52.6 Å². The molecule has 0 aromatic heterocycles. The number of rotatable bonds is 1. The second-order valence-corrected chi connectivity index (χ2v) is 6.75. The molecule has 3 atom stereocenters. The van der Waals surface area contributed by atoms with Crippen LogP contribution in [0, 0.1) is 11.8 Å². The van der Waals surface area contributed by atoms with E-state index in [0.717, 1.165) is 50.9 Å². The molecular formula is C18H22N2O2. The van der Waals surface area contributed by atoms with Crippen molar-refractivity contribution in [1.29, 1.82) is 0 Å². The summed E-state index contributed by atoms with van der Waals surface area (Å²) in [6.07, 6.45) is 3.89. The van der Waals surface area contributed by atoms with E-state index in [0.29, 0.717) is 5.92 Å². The van der Waals surface area contributed by atoms with E-state index in [-0.39, 0.29) is 5.92 Å². The number of carboxylic acids is 1. The van der Waals surface area contributed by atoms with Crippen molar-refractivity contribution in [3.05, 3.63) is 41.0 Å². The molecule has 4 rings (SSSR count).